The van der Waals surface area contributed by atoms with Crippen molar-refractivity contribution in [3.8, 4) is 5.75 Å². The van der Waals surface area contributed by atoms with Crippen LogP contribution in [0.3, 0.4) is 0 Å². The minimum atomic E-state index is -0.521. The van der Waals surface area contributed by atoms with Gasteiger partial charge in [0.15, 0.2) is 0 Å². The third kappa shape index (κ3) is 6.05. The third-order valence-electron chi connectivity index (χ3n) is 2.74. The maximum absolute atomic E-state index is 9.71. The summed E-state index contributed by atoms with van der Waals surface area (Å²) in [6, 6.07) is 5.84. The second kappa shape index (κ2) is 8.91. The number of aliphatic hydroxyl groups is 1. The highest BCUT2D eigenvalue weighted by Gasteiger charge is 2.09. The Morgan fingerprint density at radius 1 is 1.16 bits per heavy atom. The van der Waals surface area contributed by atoms with Gasteiger partial charge in [0.1, 0.15) is 5.75 Å². The molecular formula is C15H24O4. The van der Waals surface area contributed by atoms with Crippen molar-refractivity contribution in [3.05, 3.63) is 29.3 Å². The van der Waals surface area contributed by atoms with Crippen molar-refractivity contribution in [2.24, 2.45) is 0 Å². The predicted molar refractivity (Wildman–Crippen MR) is 74.6 cm³/mol. The Morgan fingerprint density at radius 3 is 2.63 bits per heavy atom. The maximum atomic E-state index is 9.71. The maximum Gasteiger partial charge on any atom is 0.125 e. The van der Waals surface area contributed by atoms with Gasteiger partial charge < -0.3 is 19.3 Å². The molecule has 4 nitrogen and oxygen atoms in total. The molecule has 0 amide bonds. The Labute approximate surface area is 115 Å². The number of benzene rings is 1. The lowest BCUT2D eigenvalue weighted by Crippen LogP contribution is -2.08. The summed E-state index contributed by atoms with van der Waals surface area (Å²) < 4.78 is 15.9. The highest BCUT2D eigenvalue weighted by Crippen LogP contribution is 2.26. The average molecular weight is 268 g/mol. The van der Waals surface area contributed by atoms with Crippen LogP contribution in [0.15, 0.2) is 18.2 Å². The summed E-state index contributed by atoms with van der Waals surface area (Å²) in [7, 11) is 1.65. The Morgan fingerprint density at radius 2 is 1.95 bits per heavy atom. The van der Waals surface area contributed by atoms with Gasteiger partial charge in [-0.1, -0.05) is 11.6 Å². The summed E-state index contributed by atoms with van der Waals surface area (Å²) in [5.41, 5.74) is 1.95. The van der Waals surface area contributed by atoms with Gasteiger partial charge in [0.25, 0.3) is 0 Å². The van der Waals surface area contributed by atoms with Crippen LogP contribution in [0.2, 0.25) is 0 Å². The smallest absolute Gasteiger partial charge is 0.125 e. The molecular weight excluding hydrogens is 244 g/mol. The molecule has 108 valence electrons. The van der Waals surface area contributed by atoms with E-state index >= 15 is 0 Å². The fraction of sp³-hybridized carbons (Fsp3) is 0.600. The quantitative estimate of drug-likeness (QED) is 0.699. The molecule has 1 atom stereocenters. The second-order valence-corrected chi connectivity index (χ2v) is 4.52. The number of hydrogen-bond acceptors (Lipinski definition) is 4. The molecule has 0 radical (unpaired) electrons. The van der Waals surface area contributed by atoms with Crippen LogP contribution in [-0.2, 0) is 9.47 Å². The number of hydrogen-bond donors (Lipinski definition) is 1. The monoisotopic (exact) mass is 268 g/mol. The molecule has 0 saturated carbocycles. The van der Waals surface area contributed by atoms with Gasteiger partial charge in [0, 0.05) is 25.7 Å². The molecule has 0 spiro atoms. The van der Waals surface area contributed by atoms with Crippen molar-refractivity contribution < 1.29 is 19.3 Å². The standard InChI is InChI=1S/C15H24O4/c1-12-5-6-15(14(11-12)13(2)16)19-8-4-7-18-10-9-17-3/h5-6,11,13,16H,4,7-10H2,1-3H3/t13-/m1/s1. The molecule has 0 aromatic heterocycles. The number of rotatable bonds is 9. The summed E-state index contributed by atoms with van der Waals surface area (Å²) in [6.07, 6.45) is 0.296. The molecule has 1 aromatic carbocycles. The minimum Gasteiger partial charge on any atom is -0.493 e. The van der Waals surface area contributed by atoms with Crippen molar-refractivity contribution in [2.75, 3.05) is 33.5 Å². The van der Waals surface area contributed by atoms with Gasteiger partial charge in [0.05, 0.1) is 25.9 Å². The van der Waals surface area contributed by atoms with Gasteiger partial charge in [-0.25, -0.2) is 0 Å². The van der Waals surface area contributed by atoms with E-state index in [0.717, 1.165) is 23.3 Å². The summed E-state index contributed by atoms with van der Waals surface area (Å²) in [6.45, 7) is 6.20. The molecule has 1 N–H and O–H groups in total. The van der Waals surface area contributed by atoms with Crippen LogP contribution in [0.4, 0.5) is 0 Å². The van der Waals surface area contributed by atoms with Crippen molar-refractivity contribution in [2.45, 2.75) is 26.4 Å². The molecule has 0 bridgehead atoms. The predicted octanol–water partition coefficient (Wildman–Crippen LogP) is 2.48. The molecule has 0 fully saturated rings. The van der Waals surface area contributed by atoms with Crippen molar-refractivity contribution in [1.29, 1.82) is 0 Å². The highest BCUT2D eigenvalue weighted by atomic mass is 16.5. The fourth-order valence-corrected chi connectivity index (χ4v) is 1.71. The fourth-order valence-electron chi connectivity index (χ4n) is 1.71. The SMILES string of the molecule is COCCOCCCOc1ccc(C)cc1[C@@H](C)O. The van der Waals surface area contributed by atoms with Crippen molar-refractivity contribution in [3.63, 3.8) is 0 Å². The summed E-state index contributed by atoms with van der Waals surface area (Å²) >= 11 is 0. The zero-order valence-electron chi connectivity index (χ0n) is 12.0. The number of aryl methyl sites for hydroxylation is 1. The highest BCUT2D eigenvalue weighted by molar-refractivity contribution is 5.38. The molecule has 0 aliphatic rings. The van der Waals surface area contributed by atoms with Crippen LogP contribution in [0.1, 0.15) is 30.6 Å². The number of methoxy groups -OCH3 is 1. The molecule has 19 heavy (non-hydrogen) atoms. The van der Waals surface area contributed by atoms with Gasteiger partial charge in [-0.3, -0.25) is 0 Å². The second-order valence-electron chi connectivity index (χ2n) is 4.52. The first-order chi connectivity index (χ1) is 9.15. The van der Waals surface area contributed by atoms with Crippen LogP contribution in [0.25, 0.3) is 0 Å². The largest absolute Gasteiger partial charge is 0.493 e. The molecule has 0 unspecified atom stereocenters. The normalized spacial score (nSPS) is 12.4. The van der Waals surface area contributed by atoms with Crippen LogP contribution in [-0.4, -0.2) is 38.6 Å². The van der Waals surface area contributed by atoms with E-state index in [1.807, 2.05) is 25.1 Å². The Hall–Kier alpha value is -1.10. The van der Waals surface area contributed by atoms with E-state index in [9.17, 15) is 5.11 Å². The first kappa shape index (κ1) is 16.0. The Kier molecular flexibility index (Phi) is 7.48. The molecule has 1 rings (SSSR count). The molecule has 0 saturated heterocycles. The van der Waals surface area contributed by atoms with Gasteiger partial charge in [-0.05, 0) is 26.0 Å². The zero-order chi connectivity index (χ0) is 14.1. The third-order valence-corrected chi connectivity index (χ3v) is 2.74. The summed E-state index contributed by atoms with van der Waals surface area (Å²) in [4.78, 5) is 0. The molecule has 0 aliphatic heterocycles. The van der Waals surface area contributed by atoms with E-state index in [0.29, 0.717) is 26.4 Å². The van der Waals surface area contributed by atoms with E-state index in [2.05, 4.69) is 0 Å². The van der Waals surface area contributed by atoms with Crippen molar-refractivity contribution in [1.82, 2.24) is 0 Å². The van der Waals surface area contributed by atoms with E-state index < -0.39 is 6.10 Å². The number of aliphatic hydroxyl groups excluding tert-OH is 1. The lowest BCUT2D eigenvalue weighted by molar-refractivity contribution is 0.0642. The van der Waals surface area contributed by atoms with Gasteiger partial charge >= 0.3 is 0 Å². The molecule has 0 heterocycles. The lowest BCUT2D eigenvalue weighted by Gasteiger charge is -2.14. The van der Waals surface area contributed by atoms with Crippen molar-refractivity contribution >= 4 is 0 Å². The lowest BCUT2D eigenvalue weighted by atomic mass is 10.1. The Balaban J connectivity index is 2.33. The first-order valence-corrected chi connectivity index (χ1v) is 6.63. The summed E-state index contributed by atoms with van der Waals surface area (Å²) in [5.74, 6) is 0.748. The van der Waals surface area contributed by atoms with Crippen LogP contribution >= 0.6 is 0 Å². The Bertz CT molecular complexity index is 363. The topological polar surface area (TPSA) is 47.9 Å². The van der Waals surface area contributed by atoms with E-state index in [1.165, 1.54) is 0 Å². The molecule has 1 aromatic rings. The molecule has 4 heteroatoms. The minimum absolute atomic E-state index is 0.521. The van der Waals surface area contributed by atoms with Crippen LogP contribution in [0.5, 0.6) is 5.75 Å². The van der Waals surface area contributed by atoms with Gasteiger partial charge in [-0.15, -0.1) is 0 Å². The van der Waals surface area contributed by atoms with E-state index in [1.54, 1.807) is 14.0 Å². The average Bonchev–Trinajstić information content (AvgIpc) is 2.39. The number of ether oxygens (including phenoxy) is 3. The zero-order valence-corrected chi connectivity index (χ0v) is 12.0. The van der Waals surface area contributed by atoms with E-state index in [4.69, 9.17) is 14.2 Å². The van der Waals surface area contributed by atoms with Gasteiger partial charge in [-0.2, -0.15) is 0 Å². The van der Waals surface area contributed by atoms with Crippen LogP contribution < -0.4 is 4.74 Å². The summed E-state index contributed by atoms with van der Waals surface area (Å²) in [5, 5.41) is 9.71. The van der Waals surface area contributed by atoms with Crippen LogP contribution in [0, 0.1) is 6.92 Å². The molecule has 0 aliphatic carbocycles. The van der Waals surface area contributed by atoms with E-state index in [-0.39, 0.29) is 0 Å². The van der Waals surface area contributed by atoms with Gasteiger partial charge in [0.2, 0.25) is 0 Å². The first-order valence-electron chi connectivity index (χ1n) is 6.63.